The maximum atomic E-state index is 12.9. The van der Waals surface area contributed by atoms with Crippen molar-refractivity contribution >= 4 is 10.8 Å². The van der Waals surface area contributed by atoms with E-state index in [4.69, 9.17) is 0 Å². The molecule has 0 amide bonds. The lowest BCUT2D eigenvalue weighted by Gasteiger charge is -2.43. The molecule has 4 heteroatoms. The summed E-state index contributed by atoms with van der Waals surface area (Å²) in [6, 6.07) is 6.32. The van der Waals surface area contributed by atoms with E-state index in [0.717, 1.165) is 24.8 Å². The molecule has 1 aromatic rings. The molecule has 19 heavy (non-hydrogen) atoms. The molecule has 0 aliphatic carbocycles. The van der Waals surface area contributed by atoms with Gasteiger partial charge in [0.25, 0.3) is 0 Å². The summed E-state index contributed by atoms with van der Waals surface area (Å²) in [6.07, 6.45) is 4.84. The van der Waals surface area contributed by atoms with Crippen LogP contribution >= 0.6 is 0 Å². The first kappa shape index (κ1) is 13.3. The van der Waals surface area contributed by atoms with Gasteiger partial charge in [-0.25, -0.2) is 4.39 Å². The second kappa shape index (κ2) is 4.98. The van der Waals surface area contributed by atoms with Gasteiger partial charge in [0.15, 0.2) is 0 Å². The predicted octanol–water partition coefficient (Wildman–Crippen LogP) is 2.56. The Morgan fingerprint density at radius 3 is 2.37 bits per heavy atom. The summed E-state index contributed by atoms with van der Waals surface area (Å²) in [6.45, 7) is 0. The highest BCUT2D eigenvalue weighted by atomic mass is 32.2. The Morgan fingerprint density at radius 1 is 1.21 bits per heavy atom. The Balaban J connectivity index is 1.76. The molecule has 0 aromatic heterocycles. The average molecular weight is 282 g/mol. The Hall–Kier alpha value is -0.740. The van der Waals surface area contributed by atoms with Gasteiger partial charge in [0.05, 0.1) is 5.60 Å². The summed E-state index contributed by atoms with van der Waals surface area (Å²) < 4.78 is 25.0. The van der Waals surface area contributed by atoms with Crippen LogP contribution in [0.5, 0.6) is 0 Å². The molecule has 104 valence electrons. The molecule has 2 saturated heterocycles. The van der Waals surface area contributed by atoms with Gasteiger partial charge in [-0.3, -0.25) is 4.21 Å². The number of benzene rings is 1. The van der Waals surface area contributed by atoms with Crippen LogP contribution < -0.4 is 0 Å². The molecule has 2 bridgehead atoms. The molecule has 1 N–H and O–H groups in total. The molecule has 0 radical (unpaired) electrons. The predicted molar refractivity (Wildman–Crippen MR) is 73.9 cm³/mol. The van der Waals surface area contributed by atoms with Gasteiger partial charge in [0.2, 0.25) is 0 Å². The highest BCUT2D eigenvalue weighted by Crippen LogP contribution is 2.40. The third kappa shape index (κ3) is 2.75. The van der Waals surface area contributed by atoms with Gasteiger partial charge in [-0.1, -0.05) is 18.6 Å². The third-order valence-corrected chi connectivity index (χ3v) is 6.49. The molecule has 2 unspecified atom stereocenters. The van der Waals surface area contributed by atoms with E-state index in [1.807, 2.05) is 0 Å². The quantitative estimate of drug-likeness (QED) is 0.905. The highest BCUT2D eigenvalue weighted by molar-refractivity contribution is 7.86. The smallest absolute Gasteiger partial charge is 0.123 e. The van der Waals surface area contributed by atoms with E-state index < -0.39 is 16.4 Å². The van der Waals surface area contributed by atoms with Crippen molar-refractivity contribution in [1.82, 2.24) is 0 Å². The van der Waals surface area contributed by atoms with Crippen molar-refractivity contribution in [1.29, 1.82) is 0 Å². The van der Waals surface area contributed by atoms with E-state index in [0.29, 0.717) is 19.3 Å². The first-order chi connectivity index (χ1) is 9.06. The number of hydrogen-bond acceptors (Lipinski definition) is 2. The fraction of sp³-hybridized carbons (Fsp3) is 0.600. The van der Waals surface area contributed by atoms with E-state index in [-0.39, 0.29) is 16.3 Å². The van der Waals surface area contributed by atoms with Crippen LogP contribution in [0.1, 0.15) is 37.7 Å². The van der Waals surface area contributed by atoms with Crippen LogP contribution in [0.15, 0.2) is 24.3 Å². The Morgan fingerprint density at radius 2 is 1.79 bits per heavy atom. The Labute approximate surface area is 115 Å². The molecule has 2 heterocycles. The zero-order valence-electron chi connectivity index (χ0n) is 10.8. The van der Waals surface area contributed by atoms with E-state index in [1.165, 1.54) is 12.1 Å². The molecule has 0 spiro atoms. The summed E-state index contributed by atoms with van der Waals surface area (Å²) >= 11 is 0. The van der Waals surface area contributed by atoms with Gasteiger partial charge < -0.3 is 5.11 Å². The molecule has 3 rings (SSSR count). The number of halogens is 1. The number of hydrogen-bond donors (Lipinski definition) is 1. The van der Waals surface area contributed by atoms with E-state index in [1.54, 1.807) is 12.1 Å². The topological polar surface area (TPSA) is 37.3 Å². The average Bonchev–Trinajstić information content (AvgIpc) is 2.35. The molecule has 1 aromatic carbocycles. The minimum Gasteiger partial charge on any atom is -0.389 e. The summed E-state index contributed by atoms with van der Waals surface area (Å²) in [7, 11) is -0.764. The van der Waals surface area contributed by atoms with E-state index in [9.17, 15) is 13.7 Å². The zero-order valence-corrected chi connectivity index (χ0v) is 11.7. The Kier molecular flexibility index (Phi) is 3.48. The molecule has 2 aliphatic rings. The third-order valence-electron chi connectivity index (χ3n) is 4.37. The minimum absolute atomic E-state index is 0.151. The number of rotatable bonds is 2. The largest absolute Gasteiger partial charge is 0.389 e. The maximum Gasteiger partial charge on any atom is 0.123 e. The second-order valence-electron chi connectivity index (χ2n) is 5.94. The first-order valence-corrected chi connectivity index (χ1v) is 8.20. The standard InChI is InChI=1S/C15H19FO2S/c16-12-6-4-11(5-7-12)8-15(17)9-13-2-1-3-14(10-15)19(13)18/h4-7,13-14,17H,1-3,8-10H2. The van der Waals surface area contributed by atoms with Crippen LogP contribution in [-0.2, 0) is 17.2 Å². The molecular weight excluding hydrogens is 263 g/mol. The molecule has 2 aliphatic heterocycles. The molecule has 2 fully saturated rings. The van der Waals surface area contributed by atoms with Crippen LogP contribution in [0, 0.1) is 5.82 Å². The summed E-state index contributed by atoms with van der Waals surface area (Å²) in [5.41, 5.74) is 0.191. The fourth-order valence-corrected chi connectivity index (χ4v) is 5.79. The zero-order chi connectivity index (χ0) is 13.5. The molecule has 2 atom stereocenters. The minimum atomic E-state index is -0.764. The van der Waals surface area contributed by atoms with Gasteiger partial charge in [-0.15, -0.1) is 0 Å². The summed E-state index contributed by atoms with van der Waals surface area (Å²) in [5.74, 6) is -0.252. The van der Waals surface area contributed by atoms with Gasteiger partial charge in [0.1, 0.15) is 5.82 Å². The lowest BCUT2D eigenvalue weighted by Crippen LogP contribution is -2.50. The molecule has 0 saturated carbocycles. The van der Waals surface area contributed by atoms with Crippen molar-refractivity contribution in [2.75, 3.05) is 0 Å². The molecule has 2 nitrogen and oxygen atoms in total. The second-order valence-corrected chi connectivity index (χ2v) is 7.93. The monoisotopic (exact) mass is 282 g/mol. The Bertz CT molecular complexity index is 469. The van der Waals surface area contributed by atoms with E-state index >= 15 is 0 Å². The van der Waals surface area contributed by atoms with Crippen LogP contribution in [0.25, 0.3) is 0 Å². The first-order valence-electron chi connectivity index (χ1n) is 6.92. The highest BCUT2D eigenvalue weighted by Gasteiger charge is 2.45. The van der Waals surface area contributed by atoms with Crippen LogP contribution in [0.3, 0.4) is 0 Å². The van der Waals surface area contributed by atoms with Gasteiger partial charge in [-0.2, -0.15) is 0 Å². The van der Waals surface area contributed by atoms with Gasteiger partial charge >= 0.3 is 0 Å². The van der Waals surface area contributed by atoms with Crippen molar-refractivity contribution in [3.63, 3.8) is 0 Å². The van der Waals surface area contributed by atoms with Crippen molar-refractivity contribution in [3.05, 3.63) is 35.6 Å². The lowest BCUT2D eigenvalue weighted by molar-refractivity contribution is 0.0114. The maximum absolute atomic E-state index is 12.9. The van der Waals surface area contributed by atoms with Crippen molar-refractivity contribution in [2.24, 2.45) is 0 Å². The van der Waals surface area contributed by atoms with Crippen LogP contribution in [-0.4, -0.2) is 25.4 Å². The fourth-order valence-electron chi connectivity index (χ4n) is 3.50. The molecular formula is C15H19FO2S. The van der Waals surface area contributed by atoms with Crippen molar-refractivity contribution in [3.8, 4) is 0 Å². The van der Waals surface area contributed by atoms with E-state index in [2.05, 4.69) is 0 Å². The number of fused-ring (bicyclic) bond motifs is 2. The lowest BCUT2D eigenvalue weighted by atomic mass is 9.81. The summed E-state index contributed by atoms with van der Waals surface area (Å²) in [5, 5.41) is 11.1. The van der Waals surface area contributed by atoms with Crippen molar-refractivity contribution < 1.29 is 13.7 Å². The van der Waals surface area contributed by atoms with Gasteiger partial charge in [-0.05, 0) is 43.4 Å². The SMILES string of the molecule is O=S1C2CCCC1CC(O)(Cc1ccc(F)cc1)C2. The van der Waals surface area contributed by atoms with Gasteiger partial charge in [0, 0.05) is 27.7 Å². The van der Waals surface area contributed by atoms with Crippen molar-refractivity contribution in [2.45, 2.75) is 54.6 Å². The normalized spacial score (nSPS) is 38.1. The van der Waals surface area contributed by atoms with Crippen LogP contribution in [0.2, 0.25) is 0 Å². The van der Waals surface area contributed by atoms with Crippen LogP contribution in [0.4, 0.5) is 4.39 Å². The summed E-state index contributed by atoms with van der Waals surface area (Å²) in [4.78, 5) is 0. The number of aliphatic hydroxyl groups is 1.